The number of rotatable bonds is 4. The predicted octanol–water partition coefficient (Wildman–Crippen LogP) is -1.11. The number of aryl methyl sites for hydroxylation is 1. The van der Waals surface area contributed by atoms with Crippen molar-refractivity contribution in [1.82, 2.24) is 19.8 Å². The number of carbonyl (C=O) groups excluding carboxylic acids is 2. The van der Waals surface area contributed by atoms with Crippen molar-refractivity contribution in [2.75, 3.05) is 0 Å². The number of imide groups is 1. The molecule has 3 amide bonds. The Kier molecular flexibility index (Phi) is 4.41. The number of hydrogen-bond donors (Lipinski definition) is 2. The van der Waals surface area contributed by atoms with Crippen molar-refractivity contribution in [2.24, 2.45) is 0 Å². The summed E-state index contributed by atoms with van der Waals surface area (Å²) in [5.74, 6) is -0.796. The van der Waals surface area contributed by atoms with Gasteiger partial charge in [0, 0.05) is 18.8 Å². The number of aromatic nitrogens is 2. The second kappa shape index (κ2) is 6.26. The van der Waals surface area contributed by atoms with Gasteiger partial charge in [-0.25, -0.2) is 14.2 Å². The van der Waals surface area contributed by atoms with Gasteiger partial charge < -0.3 is 5.32 Å². The largest absolute Gasteiger partial charge is 0.335 e. The quantitative estimate of drug-likeness (QED) is 0.729. The Morgan fingerprint density at radius 1 is 1.41 bits per heavy atom. The van der Waals surface area contributed by atoms with Crippen LogP contribution >= 0.6 is 0 Å². The van der Waals surface area contributed by atoms with E-state index in [2.05, 4.69) is 5.32 Å². The third-order valence-electron chi connectivity index (χ3n) is 3.17. The van der Waals surface area contributed by atoms with Gasteiger partial charge in [-0.2, -0.15) is 5.26 Å². The molecule has 116 valence electrons. The number of nitriles is 1. The molecule has 1 aromatic rings. The maximum atomic E-state index is 12.0. The first-order valence-electron chi connectivity index (χ1n) is 6.81. The number of urea groups is 1. The second-order valence-electron chi connectivity index (χ2n) is 4.91. The Bertz CT molecular complexity index is 766. The highest BCUT2D eigenvalue weighted by atomic mass is 16.2. The monoisotopic (exact) mass is 305 g/mol. The summed E-state index contributed by atoms with van der Waals surface area (Å²) in [6, 6.07) is 1.10. The van der Waals surface area contributed by atoms with Crippen LogP contribution in [0.15, 0.2) is 15.8 Å². The minimum atomic E-state index is -0.852. The van der Waals surface area contributed by atoms with E-state index in [1.54, 1.807) is 13.0 Å². The van der Waals surface area contributed by atoms with Gasteiger partial charge in [-0.15, -0.1) is 0 Å². The summed E-state index contributed by atoms with van der Waals surface area (Å²) in [6.45, 7) is 1.30. The number of carbonyl (C=O) groups is 2. The first-order chi connectivity index (χ1) is 10.5. The summed E-state index contributed by atoms with van der Waals surface area (Å²) in [4.78, 5) is 47.2. The zero-order valence-electron chi connectivity index (χ0n) is 12.0. The lowest BCUT2D eigenvalue weighted by atomic mass is 10.3. The van der Waals surface area contributed by atoms with Crippen LogP contribution in [0.25, 0.3) is 0 Å². The Hall–Kier alpha value is -2.89. The topological polar surface area (TPSA) is 126 Å². The van der Waals surface area contributed by atoms with Gasteiger partial charge in [-0.3, -0.25) is 19.5 Å². The number of nitrogens with one attached hydrogen (secondary N) is 2. The molecule has 2 N–H and O–H groups in total. The van der Waals surface area contributed by atoms with E-state index in [0.29, 0.717) is 4.57 Å². The molecule has 1 heterocycles. The molecular weight excluding hydrogens is 290 g/mol. The van der Waals surface area contributed by atoms with Crippen molar-refractivity contribution >= 4 is 11.9 Å². The molecule has 0 saturated heterocycles. The van der Waals surface area contributed by atoms with Crippen LogP contribution in [0.2, 0.25) is 0 Å². The Morgan fingerprint density at radius 2 is 2.09 bits per heavy atom. The Labute approximate surface area is 125 Å². The van der Waals surface area contributed by atoms with E-state index in [4.69, 9.17) is 5.26 Å². The molecule has 22 heavy (non-hydrogen) atoms. The van der Waals surface area contributed by atoms with Gasteiger partial charge in [0.15, 0.2) is 0 Å². The highest BCUT2D eigenvalue weighted by molar-refractivity contribution is 5.94. The lowest BCUT2D eigenvalue weighted by Crippen LogP contribution is -2.47. The van der Waals surface area contributed by atoms with E-state index in [0.717, 1.165) is 23.6 Å². The fourth-order valence-corrected chi connectivity index (χ4v) is 1.86. The van der Waals surface area contributed by atoms with Crippen LogP contribution in [0, 0.1) is 11.3 Å². The average molecular weight is 305 g/mol. The molecule has 9 heteroatoms. The van der Waals surface area contributed by atoms with Crippen LogP contribution in [0.3, 0.4) is 0 Å². The van der Waals surface area contributed by atoms with E-state index in [1.165, 1.54) is 0 Å². The summed E-state index contributed by atoms with van der Waals surface area (Å²) >= 11 is 0. The minimum absolute atomic E-state index is 0.0785. The SMILES string of the molecule is CCn1cc(C#N)c(=O)n(CC(=O)NC(=O)NC2CC2)c1=O. The highest BCUT2D eigenvalue weighted by Crippen LogP contribution is 2.18. The summed E-state index contributed by atoms with van der Waals surface area (Å²) in [5.41, 5.74) is -1.80. The molecule has 0 atom stereocenters. The van der Waals surface area contributed by atoms with E-state index < -0.39 is 29.7 Å². The smallest absolute Gasteiger partial charge is 0.331 e. The van der Waals surface area contributed by atoms with E-state index in [9.17, 15) is 19.2 Å². The zero-order chi connectivity index (χ0) is 16.3. The van der Waals surface area contributed by atoms with Gasteiger partial charge in [-0.1, -0.05) is 0 Å². The number of amides is 3. The Morgan fingerprint density at radius 3 is 2.64 bits per heavy atom. The van der Waals surface area contributed by atoms with Crippen LogP contribution in [0.5, 0.6) is 0 Å². The molecule has 1 aliphatic rings. The average Bonchev–Trinajstić information content (AvgIpc) is 3.27. The minimum Gasteiger partial charge on any atom is -0.335 e. The highest BCUT2D eigenvalue weighted by Gasteiger charge is 2.24. The van der Waals surface area contributed by atoms with Crippen molar-refractivity contribution in [3.63, 3.8) is 0 Å². The van der Waals surface area contributed by atoms with Gasteiger partial charge >= 0.3 is 11.7 Å². The van der Waals surface area contributed by atoms with Gasteiger partial charge in [-0.05, 0) is 19.8 Å². The van der Waals surface area contributed by atoms with Crippen molar-refractivity contribution in [3.05, 3.63) is 32.6 Å². The van der Waals surface area contributed by atoms with Gasteiger partial charge in [0.2, 0.25) is 5.91 Å². The molecule has 1 saturated carbocycles. The molecule has 0 radical (unpaired) electrons. The van der Waals surface area contributed by atoms with Crippen LogP contribution in [0.4, 0.5) is 4.79 Å². The third kappa shape index (κ3) is 3.41. The number of hydrogen-bond acceptors (Lipinski definition) is 5. The van der Waals surface area contributed by atoms with Crippen molar-refractivity contribution in [2.45, 2.75) is 38.9 Å². The van der Waals surface area contributed by atoms with Crippen LogP contribution in [0.1, 0.15) is 25.3 Å². The fraction of sp³-hybridized carbons (Fsp3) is 0.462. The zero-order valence-corrected chi connectivity index (χ0v) is 12.0. The second-order valence-corrected chi connectivity index (χ2v) is 4.91. The van der Waals surface area contributed by atoms with E-state index >= 15 is 0 Å². The summed E-state index contributed by atoms with van der Waals surface area (Å²) in [5, 5.41) is 13.5. The fourth-order valence-electron chi connectivity index (χ4n) is 1.86. The molecular formula is C13H15N5O4. The molecule has 0 unspecified atom stereocenters. The van der Waals surface area contributed by atoms with Crippen molar-refractivity contribution in [1.29, 1.82) is 5.26 Å². The molecule has 0 bridgehead atoms. The lowest BCUT2D eigenvalue weighted by molar-refractivity contribution is -0.120. The summed E-state index contributed by atoms with van der Waals surface area (Å²) in [7, 11) is 0. The standard InChI is InChI=1S/C13H15N5O4/c1-2-17-6-8(5-14)11(20)18(13(17)22)7-10(19)16-12(21)15-9-3-4-9/h6,9H,2-4,7H2,1H3,(H2,15,16,19,21). The Balaban J connectivity index is 2.19. The molecule has 1 fully saturated rings. The predicted molar refractivity (Wildman–Crippen MR) is 75.0 cm³/mol. The van der Waals surface area contributed by atoms with Gasteiger partial charge in [0.25, 0.3) is 5.56 Å². The molecule has 2 rings (SSSR count). The lowest BCUT2D eigenvalue weighted by Gasteiger charge is -2.09. The summed E-state index contributed by atoms with van der Waals surface area (Å²) in [6.07, 6.45) is 2.89. The van der Waals surface area contributed by atoms with Crippen molar-refractivity contribution in [3.8, 4) is 6.07 Å². The molecule has 1 aromatic heterocycles. The first kappa shape index (κ1) is 15.5. The van der Waals surface area contributed by atoms with Crippen LogP contribution < -0.4 is 21.9 Å². The normalized spacial score (nSPS) is 13.3. The van der Waals surface area contributed by atoms with Gasteiger partial charge in [0.05, 0.1) is 0 Å². The molecule has 0 spiro atoms. The first-order valence-corrected chi connectivity index (χ1v) is 6.81. The van der Waals surface area contributed by atoms with Crippen LogP contribution in [-0.2, 0) is 17.9 Å². The molecule has 1 aliphatic carbocycles. The molecule has 0 aromatic carbocycles. The summed E-state index contributed by atoms with van der Waals surface area (Å²) < 4.78 is 1.79. The third-order valence-corrected chi connectivity index (χ3v) is 3.17. The molecule has 0 aliphatic heterocycles. The number of nitrogens with zero attached hydrogens (tertiary/aromatic N) is 3. The van der Waals surface area contributed by atoms with E-state index in [-0.39, 0.29) is 18.2 Å². The van der Waals surface area contributed by atoms with Gasteiger partial charge in [0.1, 0.15) is 18.2 Å². The maximum absolute atomic E-state index is 12.0. The van der Waals surface area contributed by atoms with E-state index in [1.807, 2.05) is 5.32 Å². The maximum Gasteiger partial charge on any atom is 0.331 e. The molecule has 9 nitrogen and oxygen atoms in total. The van der Waals surface area contributed by atoms with Crippen LogP contribution in [-0.4, -0.2) is 27.1 Å². The van der Waals surface area contributed by atoms with Crippen molar-refractivity contribution < 1.29 is 9.59 Å².